The number of unbranched alkanes of at least 4 members (excludes halogenated alkanes) is 12. The van der Waals surface area contributed by atoms with Crippen LogP contribution in [0.3, 0.4) is 0 Å². The van der Waals surface area contributed by atoms with Crippen LogP contribution in [-0.4, -0.2) is 82.4 Å². The Bertz CT molecular complexity index is 666. The van der Waals surface area contributed by atoms with Crippen molar-refractivity contribution in [3.05, 3.63) is 0 Å². The van der Waals surface area contributed by atoms with Gasteiger partial charge in [-0.15, -0.1) is 0 Å². The Labute approximate surface area is 243 Å². The number of carboxylic acid groups (broad SMARTS) is 1. The summed E-state index contributed by atoms with van der Waals surface area (Å²) in [6, 6.07) is -1.10. The Morgan fingerprint density at radius 2 is 1.50 bits per heavy atom. The van der Waals surface area contributed by atoms with Crippen LogP contribution < -0.4 is 15.7 Å². The van der Waals surface area contributed by atoms with Gasteiger partial charge in [0.2, 0.25) is 6.29 Å². The van der Waals surface area contributed by atoms with E-state index in [0.29, 0.717) is 10.9 Å². The molecule has 236 valence electrons. The second-order valence-electron chi connectivity index (χ2n) is 11.7. The number of aliphatic carboxylic acids is 1. The molecule has 0 aromatic carbocycles. The van der Waals surface area contributed by atoms with Gasteiger partial charge in [-0.05, 0) is 12.8 Å². The average molecular weight is 574 g/mol. The Morgan fingerprint density at radius 1 is 0.975 bits per heavy atom. The molecule has 2 N–H and O–H groups in total. The fourth-order valence-corrected chi connectivity index (χ4v) is 4.50. The number of carbonyl (C=O) groups is 3. The maximum absolute atomic E-state index is 11.5. The molecule has 10 heteroatoms. The highest BCUT2D eigenvalue weighted by molar-refractivity contribution is 5.78. The smallest absolute Gasteiger partial charge is 0.410 e. The van der Waals surface area contributed by atoms with E-state index in [9.17, 15) is 19.5 Å². The maximum Gasteiger partial charge on any atom is 0.410 e. The van der Waals surface area contributed by atoms with Crippen LogP contribution in [0.2, 0.25) is 0 Å². The Kier molecular flexibility index (Phi) is 22.4. The van der Waals surface area contributed by atoms with Crippen molar-refractivity contribution >= 4 is 18.2 Å². The lowest BCUT2D eigenvalue weighted by Crippen LogP contribution is -2.57. The average Bonchev–Trinajstić information content (AvgIpc) is 2.89. The van der Waals surface area contributed by atoms with E-state index in [1.165, 1.54) is 90.6 Å². The summed E-state index contributed by atoms with van der Waals surface area (Å²) in [5.41, 5.74) is 0. The molecule has 2 amide bonds. The molecule has 1 heterocycles. The minimum absolute atomic E-state index is 0.168. The van der Waals surface area contributed by atoms with Crippen LogP contribution in [0.5, 0.6) is 0 Å². The van der Waals surface area contributed by atoms with E-state index in [4.69, 9.17) is 14.2 Å². The lowest BCUT2D eigenvalue weighted by molar-refractivity contribution is -0.870. The molecule has 3 atom stereocenters. The molecule has 1 aliphatic heterocycles. The molecule has 0 aromatic rings. The van der Waals surface area contributed by atoms with Crippen LogP contribution in [0.1, 0.15) is 117 Å². The van der Waals surface area contributed by atoms with E-state index in [1.807, 2.05) is 21.1 Å². The van der Waals surface area contributed by atoms with Crippen LogP contribution >= 0.6 is 0 Å². The minimum atomic E-state index is -1.34. The summed E-state index contributed by atoms with van der Waals surface area (Å²) in [4.78, 5) is 33.4. The van der Waals surface area contributed by atoms with Crippen LogP contribution in [0.25, 0.3) is 0 Å². The van der Waals surface area contributed by atoms with Gasteiger partial charge >= 0.3 is 12.2 Å². The van der Waals surface area contributed by atoms with Crippen molar-refractivity contribution in [3.63, 3.8) is 0 Å². The summed E-state index contributed by atoms with van der Waals surface area (Å²) < 4.78 is 15.4. The van der Waals surface area contributed by atoms with Crippen LogP contribution in [0.4, 0.5) is 9.59 Å². The number of carboxylic acids is 1. The highest BCUT2D eigenvalue weighted by atomic mass is 16.7. The number of nitrogens with one attached hydrogen (secondary N) is 2. The molecule has 0 bridgehead atoms. The first-order valence-corrected chi connectivity index (χ1v) is 15.5. The second kappa shape index (κ2) is 23.6. The summed E-state index contributed by atoms with van der Waals surface area (Å²) in [6.45, 7) is 5.03. The molecule has 10 nitrogen and oxygen atoms in total. The number of cyclic esters (lactones) is 1. The predicted molar refractivity (Wildman–Crippen MR) is 156 cm³/mol. The lowest BCUT2D eigenvalue weighted by atomic mass is 10.0. The third-order valence-electron chi connectivity index (χ3n) is 6.78. The van der Waals surface area contributed by atoms with Gasteiger partial charge in [-0.2, -0.15) is 0 Å². The maximum atomic E-state index is 11.5. The normalized spacial score (nSPS) is 16.6. The molecule has 3 unspecified atom stereocenters. The van der Waals surface area contributed by atoms with Crippen molar-refractivity contribution in [2.45, 2.75) is 135 Å². The zero-order valence-corrected chi connectivity index (χ0v) is 26.3. The van der Waals surface area contributed by atoms with E-state index < -0.39 is 24.4 Å². The molecule has 1 saturated heterocycles. The fourth-order valence-electron chi connectivity index (χ4n) is 4.50. The molecule has 0 aromatic heterocycles. The van der Waals surface area contributed by atoms with Gasteiger partial charge in [0, 0.05) is 26.5 Å². The van der Waals surface area contributed by atoms with Crippen molar-refractivity contribution in [1.29, 1.82) is 0 Å². The predicted octanol–water partition coefficient (Wildman–Crippen LogP) is 4.89. The molecular formula is C30H59N3O7. The minimum Gasteiger partial charge on any atom is -0.548 e. The van der Waals surface area contributed by atoms with Gasteiger partial charge in [0.1, 0.15) is 18.7 Å². The Hall–Kier alpha value is -2.07. The quantitative estimate of drug-likeness (QED) is 0.114. The van der Waals surface area contributed by atoms with Gasteiger partial charge in [-0.3, -0.25) is 0 Å². The number of carbonyl (C=O) groups excluding carboxylic acids is 3. The molecule has 40 heavy (non-hydrogen) atoms. The third kappa shape index (κ3) is 22.7. The lowest BCUT2D eigenvalue weighted by Gasteiger charge is -2.30. The Balaban J connectivity index is 0.000000778. The van der Waals surface area contributed by atoms with Crippen molar-refractivity contribution < 1.29 is 38.2 Å². The number of alkyl carbamates (subject to hydrolysis) is 2. The number of hydrogen-bond acceptors (Lipinski definition) is 7. The zero-order valence-electron chi connectivity index (χ0n) is 26.3. The summed E-state index contributed by atoms with van der Waals surface area (Å²) in [6.07, 6.45) is 18.9. The number of rotatable bonds is 21. The molecule has 0 spiro atoms. The van der Waals surface area contributed by atoms with Crippen molar-refractivity contribution in [2.24, 2.45) is 0 Å². The molecule has 0 aliphatic carbocycles. The number of ether oxygens (including phenoxy) is 3. The first-order valence-electron chi connectivity index (χ1n) is 15.5. The number of amides is 2. The van der Waals surface area contributed by atoms with Crippen LogP contribution in [0, 0.1) is 0 Å². The van der Waals surface area contributed by atoms with Gasteiger partial charge in [-0.1, -0.05) is 90.9 Å². The van der Waals surface area contributed by atoms with E-state index in [2.05, 4.69) is 17.6 Å². The highest BCUT2D eigenvalue weighted by Gasteiger charge is 2.23. The standard InChI is InChI=1S/C19H37NO2.C11H22N2O5/c1-2-3-4-5-6-7-8-9-10-11-12-13-14-15-18-16-17-20-19(21)22-18;1-6-9(17-5)18-11(16)12-8(10(14)15)7-13(2,3)4/h18H,2-17H2,1H3,(H,20,21);8-9H,6-7H2,1-5H3,(H-,12,14,15,16). The topological polar surface area (TPSA) is 126 Å². The van der Waals surface area contributed by atoms with E-state index >= 15 is 0 Å². The summed E-state index contributed by atoms with van der Waals surface area (Å²) >= 11 is 0. The van der Waals surface area contributed by atoms with Crippen LogP contribution in [-0.2, 0) is 19.0 Å². The van der Waals surface area contributed by atoms with E-state index in [0.717, 1.165) is 19.4 Å². The molecule has 0 saturated carbocycles. The first-order chi connectivity index (χ1) is 19.0. The number of methoxy groups -OCH3 is 1. The van der Waals surface area contributed by atoms with Crippen molar-refractivity contribution in [3.8, 4) is 0 Å². The van der Waals surface area contributed by atoms with Gasteiger partial charge in [0.25, 0.3) is 0 Å². The molecular weight excluding hydrogens is 514 g/mol. The van der Waals surface area contributed by atoms with Gasteiger partial charge in [0.05, 0.1) is 27.1 Å². The monoisotopic (exact) mass is 573 g/mol. The summed E-state index contributed by atoms with van der Waals surface area (Å²) in [5, 5.41) is 15.9. The second-order valence-corrected chi connectivity index (χ2v) is 11.7. The van der Waals surface area contributed by atoms with Crippen LogP contribution in [0.15, 0.2) is 0 Å². The zero-order chi connectivity index (χ0) is 30.2. The number of likely N-dealkylation sites (N-methyl/N-ethyl adjacent to an activating group) is 1. The first kappa shape index (κ1) is 37.9. The largest absolute Gasteiger partial charge is 0.548 e. The fraction of sp³-hybridized carbons (Fsp3) is 0.900. The molecule has 1 fully saturated rings. The SMILES string of the molecule is CCC(OC)OC(=O)NC(C[N+](C)(C)C)C(=O)[O-].CCCCCCCCCCCCCCCC1CCNC(=O)O1. The highest BCUT2D eigenvalue weighted by Crippen LogP contribution is 2.16. The molecule has 1 aliphatic rings. The molecule has 1 rings (SSSR count). The summed E-state index contributed by atoms with van der Waals surface area (Å²) in [5.74, 6) is -1.34. The number of hydrogen-bond donors (Lipinski definition) is 2. The van der Waals surface area contributed by atoms with Gasteiger partial charge < -0.3 is 39.2 Å². The number of quaternary nitrogens is 1. The Morgan fingerprint density at radius 3 is 1.93 bits per heavy atom. The summed E-state index contributed by atoms with van der Waals surface area (Å²) in [7, 11) is 6.84. The third-order valence-corrected chi connectivity index (χ3v) is 6.78. The van der Waals surface area contributed by atoms with Crippen molar-refractivity contribution in [2.75, 3.05) is 41.3 Å². The van der Waals surface area contributed by atoms with Crippen molar-refractivity contribution in [1.82, 2.24) is 10.6 Å². The van der Waals surface area contributed by atoms with Gasteiger partial charge in [-0.25, -0.2) is 9.59 Å². The molecule has 0 radical (unpaired) electrons. The van der Waals surface area contributed by atoms with E-state index in [1.54, 1.807) is 6.92 Å². The van der Waals surface area contributed by atoms with Gasteiger partial charge in [0.15, 0.2) is 0 Å². The van der Waals surface area contributed by atoms with E-state index in [-0.39, 0.29) is 18.7 Å². The number of nitrogens with zero attached hydrogens (tertiary/aromatic N) is 1.